The lowest BCUT2D eigenvalue weighted by atomic mass is 10.1. The minimum absolute atomic E-state index is 0.0138. The molecular weight excluding hydrogens is 650 g/mol. The maximum Gasteiger partial charge on any atom is 0.384 e. The van der Waals surface area contributed by atoms with Crippen LogP contribution in [0.1, 0.15) is 67.3 Å². The quantitative estimate of drug-likeness (QED) is 0.128. The summed E-state index contributed by atoms with van der Waals surface area (Å²) in [6.45, 7) is 2.73. The molecule has 0 bridgehead atoms. The average Bonchev–Trinajstić information content (AvgIpc) is 3.71. The molecule has 0 aliphatic carbocycles. The van der Waals surface area contributed by atoms with Crippen LogP contribution in [0.25, 0.3) is 0 Å². The van der Waals surface area contributed by atoms with Crippen LogP contribution in [0.15, 0.2) is 91.0 Å². The normalized spacial score (nSPS) is 17.8. The molecule has 14 nitrogen and oxygen atoms in total. The largest absolute Gasteiger partial charge is 0.461 e. The maximum atomic E-state index is 13.5. The van der Waals surface area contributed by atoms with Crippen LogP contribution in [0.4, 0.5) is 0 Å². The number of carbonyl (C=O) groups is 5. The third-order valence-corrected chi connectivity index (χ3v) is 7.14. The Hall–Kier alpha value is -6.33. The van der Waals surface area contributed by atoms with Crippen LogP contribution in [0.5, 0.6) is 0 Å². The second kappa shape index (κ2) is 16.7. The summed E-state index contributed by atoms with van der Waals surface area (Å²) in [5.41, 5.74) is -0.0461. The number of nitrogens with zero attached hydrogens (tertiary/aromatic N) is 3. The summed E-state index contributed by atoms with van der Waals surface area (Å²) in [4.78, 5) is 64.9. The van der Waals surface area contributed by atoms with Crippen molar-refractivity contribution in [2.45, 2.75) is 38.4 Å². The van der Waals surface area contributed by atoms with Crippen molar-refractivity contribution in [1.82, 2.24) is 15.0 Å². The summed E-state index contributed by atoms with van der Waals surface area (Å²) >= 11 is 0. The Morgan fingerprint density at radius 3 is 1.74 bits per heavy atom. The molecule has 14 heteroatoms. The highest BCUT2D eigenvalue weighted by molar-refractivity contribution is 5.93. The van der Waals surface area contributed by atoms with E-state index in [0.717, 1.165) is 4.68 Å². The van der Waals surface area contributed by atoms with Gasteiger partial charge >= 0.3 is 29.8 Å². The molecule has 0 saturated carbocycles. The Balaban J connectivity index is 1.58. The van der Waals surface area contributed by atoms with Gasteiger partial charge < -0.3 is 28.4 Å². The van der Waals surface area contributed by atoms with E-state index in [1.807, 2.05) is 0 Å². The number of benzene rings is 3. The molecule has 1 fully saturated rings. The smallest absolute Gasteiger partial charge is 0.384 e. The van der Waals surface area contributed by atoms with Crippen LogP contribution in [0.2, 0.25) is 0 Å². The number of aromatic nitrogens is 3. The van der Waals surface area contributed by atoms with Gasteiger partial charge in [-0.25, -0.2) is 28.7 Å². The molecule has 1 saturated heterocycles. The molecule has 2 heterocycles. The molecule has 4 aromatic rings. The fourth-order valence-electron chi connectivity index (χ4n) is 4.86. The van der Waals surface area contributed by atoms with Gasteiger partial charge in [-0.3, -0.25) is 0 Å². The molecule has 4 atom stereocenters. The number of esters is 5. The fourth-order valence-corrected chi connectivity index (χ4v) is 4.86. The predicted octanol–water partition coefficient (Wildman–Crippen LogP) is 3.58. The Labute approximate surface area is 286 Å². The Morgan fingerprint density at radius 2 is 1.20 bits per heavy atom. The average molecular weight is 682 g/mol. The summed E-state index contributed by atoms with van der Waals surface area (Å²) in [5, 5.41) is 7.97. The van der Waals surface area contributed by atoms with Crippen molar-refractivity contribution in [2.24, 2.45) is 0 Å². The van der Waals surface area contributed by atoms with Crippen molar-refractivity contribution in [1.29, 1.82) is 0 Å². The van der Waals surface area contributed by atoms with E-state index in [1.165, 1.54) is 24.3 Å². The van der Waals surface area contributed by atoms with Crippen molar-refractivity contribution in [3.05, 3.63) is 119 Å². The van der Waals surface area contributed by atoms with Crippen LogP contribution in [0.3, 0.4) is 0 Å². The van der Waals surface area contributed by atoms with Gasteiger partial charge in [-0.05, 0) is 56.2 Å². The van der Waals surface area contributed by atoms with Gasteiger partial charge in [-0.15, -0.1) is 5.10 Å². The molecule has 0 amide bonds. The van der Waals surface area contributed by atoms with E-state index < -0.39 is 61.0 Å². The molecular formula is C36H31N3O11. The van der Waals surface area contributed by atoms with E-state index in [9.17, 15) is 24.0 Å². The first-order valence-corrected chi connectivity index (χ1v) is 15.5. The highest BCUT2D eigenvalue weighted by Crippen LogP contribution is 2.36. The molecule has 0 N–H and O–H groups in total. The first-order chi connectivity index (χ1) is 24.3. The summed E-state index contributed by atoms with van der Waals surface area (Å²) < 4.78 is 34.7. The van der Waals surface area contributed by atoms with Crippen LogP contribution in [0, 0.1) is 11.8 Å². The summed E-state index contributed by atoms with van der Waals surface area (Å²) in [7, 11) is 0. The zero-order valence-electron chi connectivity index (χ0n) is 26.9. The standard InChI is InChI=1S/C36H31N3O11/c1-3-45-28(40)21-20-26-29(36(44)46-4-2)37-38-39(26)32-31(50-35(43)25-18-12-7-13-19-25)30(49-34(42)24-16-10-6-11-17-24)27(48-32)22-47-33(41)23-14-8-5-9-15-23/h5-19,27,30-32H,3-4,22H2,1-2H3/t27-,30-,31-,32-/m1/s1. The number of hydrogen-bond acceptors (Lipinski definition) is 13. The van der Waals surface area contributed by atoms with E-state index in [1.54, 1.807) is 80.6 Å². The van der Waals surface area contributed by atoms with Crippen LogP contribution >= 0.6 is 0 Å². The van der Waals surface area contributed by atoms with Crippen LogP contribution < -0.4 is 0 Å². The lowest BCUT2D eigenvalue weighted by molar-refractivity contribution is -0.136. The van der Waals surface area contributed by atoms with E-state index in [4.69, 9.17) is 28.4 Å². The van der Waals surface area contributed by atoms with Gasteiger partial charge in [-0.2, -0.15) is 0 Å². The number of hydrogen-bond donors (Lipinski definition) is 0. The highest BCUT2D eigenvalue weighted by atomic mass is 16.7. The van der Waals surface area contributed by atoms with Gasteiger partial charge in [0.1, 0.15) is 18.4 Å². The zero-order chi connectivity index (χ0) is 35.5. The lowest BCUT2D eigenvalue weighted by Gasteiger charge is -2.24. The third kappa shape index (κ3) is 8.38. The van der Waals surface area contributed by atoms with Gasteiger partial charge in [0.25, 0.3) is 0 Å². The van der Waals surface area contributed by atoms with Gasteiger partial charge in [0.2, 0.25) is 5.69 Å². The molecule has 1 aliphatic rings. The predicted molar refractivity (Wildman–Crippen MR) is 171 cm³/mol. The van der Waals surface area contributed by atoms with E-state index in [-0.39, 0.29) is 41.3 Å². The van der Waals surface area contributed by atoms with Gasteiger partial charge in [0, 0.05) is 5.92 Å². The first kappa shape index (κ1) is 35.0. The first-order valence-electron chi connectivity index (χ1n) is 15.5. The molecule has 5 rings (SSSR count). The molecule has 0 unspecified atom stereocenters. The SMILES string of the molecule is CCOC(=O)C#Cc1c(C(=O)OCC)nnn1[C@@H]1O[C@H](COC(=O)c2ccccc2)[C@@H](OC(=O)c2ccccc2)[C@H]1OC(=O)c1ccccc1. The maximum absolute atomic E-state index is 13.5. The van der Waals surface area contributed by atoms with Crippen molar-refractivity contribution in [3.8, 4) is 11.8 Å². The molecule has 50 heavy (non-hydrogen) atoms. The third-order valence-electron chi connectivity index (χ3n) is 7.14. The Morgan fingerprint density at radius 1 is 0.680 bits per heavy atom. The number of rotatable bonds is 11. The van der Waals surface area contributed by atoms with E-state index in [2.05, 4.69) is 22.2 Å². The molecule has 3 aromatic carbocycles. The topological polar surface area (TPSA) is 171 Å². The summed E-state index contributed by atoms with van der Waals surface area (Å²) in [6, 6.07) is 24.2. The van der Waals surface area contributed by atoms with Crippen LogP contribution in [-0.2, 0) is 33.2 Å². The minimum atomic E-state index is -1.49. The molecule has 1 aromatic heterocycles. The van der Waals surface area contributed by atoms with Gasteiger partial charge in [0.05, 0.1) is 29.9 Å². The van der Waals surface area contributed by atoms with E-state index in [0.29, 0.717) is 0 Å². The number of ether oxygens (including phenoxy) is 6. The summed E-state index contributed by atoms with van der Waals surface area (Å²) in [6.07, 6.45) is -5.64. The van der Waals surface area contributed by atoms with Crippen molar-refractivity contribution >= 4 is 29.8 Å². The minimum Gasteiger partial charge on any atom is -0.461 e. The highest BCUT2D eigenvalue weighted by Gasteiger charge is 2.52. The monoisotopic (exact) mass is 681 g/mol. The Kier molecular flexibility index (Phi) is 11.7. The van der Waals surface area contributed by atoms with Crippen molar-refractivity contribution in [2.75, 3.05) is 19.8 Å². The van der Waals surface area contributed by atoms with Crippen molar-refractivity contribution < 1.29 is 52.4 Å². The number of carbonyl (C=O) groups excluding carboxylic acids is 5. The van der Waals surface area contributed by atoms with Gasteiger partial charge in [0.15, 0.2) is 18.4 Å². The molecule has 0 radical (unpaired) electrons. The summed E-state index contributed by atoms with van der Waals surface area (Å²) in [5.74, 6) is 0.660. The van der Waals surface area contributed by atoms with E-state index >= 15 is 0 Å². The molecule has 256 valence electrons. The second-order valence-electron chi connectivity index (χ2n) is 10.4. The van der Waals surface area contributed by atoms with Gasteiger partial charge in [-0.1, -0.05) is 59.8 Å². The lowest BCUT2D eigenvalue weighted by Crippen LogP contribution is -2.41. The molecule has 1 aliphatic heterocycles. The molecule has 0 spiro atoms. The second-order valence-corrected chi connectivity index (χ2v) is 10.4. The Bertz CT molecular complexity index is 1890. The zero-order valence-corrected chi connectivity index (χ0v) is 26.9. The van der Waals surface area contributed by atoms with Crippen molar-refractivity contribution in [3.63, 3.8) is 0 Å². The fraction of sp³-hybridized carbons (Fsp3) is 0.250. The van der Waals surface area contributed by atoms with Crippen LogP contribution in [-0.4, -0.2) is 83.0 Å².